The van der Waals surface area contributed by atoms with Gasteiger partial charge in [0, 0.05) is 0 Å². The van der Waals surface area contributed by atoms with Gasteiger partial charge in [-0.25, -0.2) is 0 Å². The van der Waals surface area contributed by atoms with Crippen LogP contribution in [0.3, 0.4) is 0 Å². The van der Waals surface area contributed by atoms with Crippen molar-refractivity contribution in [3.63, 3.8) is 0 Å². The summed E-state index contributed by atoms with van der Waals surface area (Å²) in [6.45, 7) is 10.2. The quantitative estimate of drug-likeness (QED) is 0.519. The van der Waals surface area contributed by atoms with E-state index >= 15 is 0 Å². The molecule has 0 unspecified atom stereocenters. The first-order chi connectivity index (χ1) is 7.27. The van der Waals surface area contributed by atoms with Gasteiger partial charge >= 0.3 is 0 Å². The van der Waals surface area contributed by atoms with Crippen molar-refractivity contribution in [2.24, 2.45) is 0 Å². The fourth-order valence-corrected chi connectivity index (χ4v) is 1.29. The van der Waals surface area contributed by atoms with E-state index in [0.717, 1.165) is 11.1 Å². The van der Waals surface area contributed by atoms with Gasteiger partial charge in [-0.1, -0.05) is 49.6 Å². The van der Waals surface area contributed by atoms with Gasteiger partial charge in [0.25, 0.3) is 0 Å². The molecule has 0 aromatic heterocycles. The lowest BCUT2D eigenvalue weighted by molar-refractivity contribution is 0.244. The highest BCUT2D eigenvalue weighted by Gasteiger charge is 1.97. The van der Waals surface area contributed by atoms with E-state index in [9.17, 15) is 0 Å². The Morgan fingerprint density at radius 1 is 1.33 bits per heavy atom. The predicted molar refractivity (Wildman–Crippen MR) is 65.4 cm³/mol. The Morgan fingerprint density at radius 3 is 2.53 bits per heavy atom. The highest BCUT2D eigenvalue weighted by molar-refractivity contribution is 5.74. The summed E-state index contributed by atoms with van der Waals surface area (Å²) in [5.74, 6) is 0.663. The lowest BCUT2D eigenvalue weighted by Gasteiger charge is -2.05. The molecule has 0 aliphatic heterocycles. The van der Waals surface area contributed by atoms with Crippen LogP contribution in [0.4, 0.5) is 0 Å². The van der Waals surface area contributed by atoms with E-state index in [2.05, 4.69) is 13.2 Å². The molecule has 15 heavy (non-hydrogen) atoms. The molecular formula is C14H16O. The van der Waals surface area contributed by atoms with Gasteiger partial charge in [0.2, 0.25) is 0 Å². The fourth-order valence-electron chi connectivity index (χ4n) is 1.29. The monoisotopic (exact) mass is 200 g/mol. The van der Waals surface area contributed by atoms with Crippen LogP contribution in [-0.4, -0.2) is 6.61 Å². The minimum atomic E-state index is 0.633. The SMILES string of the molecule is C=C/C(=C\C(=C)OCC)c1ccccc1. The maximum atomic E-state index is 5.28. The van der Waals surface area contributed by atoms with Crippen LogP contribution in [0.2, 0.25) is 0 Å². The van der Waals surface area contributed by atoms with Crippen LogP contribution in [0.15, 0.2) is 61.4 Å². The summed E-state index contributed by atoms with van der Waals surface area (Å²) in [4.78, 5) is 0. The minimum Gasteiger partial charge on any atom is -0.494 e. The van der Waals surface area contributed by atoms with Crippen molar-refractivity contribution in [1.29, 1.82) is 0 Å². The summed E-state index contributed by atoms with van der Waals surface area (Å²) >= 11 is 0. The number of benzene rings is 1. The molecule has 0 radical (unpaired) electrons. The molecular weight excluding hydrogens is 184 g/mol. The van der Waals surface area contributed by atoms with Gasteiger partial charge in [-0.05, 0) is 24.1 Å². The third kappa shape index (κ3) is 3.47. The van der Waals surface area contributed by atoms with E-state index in [0.29, 0.717) is 12.4 Å². The normalized spacial score (nSPS) is 10.9. The Balaban J connectivity index is 2.89. The van der Waals surface area contributed by atoms with Crippen molar-refractivity contribution in [1.82, 2.24) is 0 Å². The Morgan fingerprint density at radius 2 is 2.00 bits per heavy atom. The smallest absolute Gasteiger partial charge is 0.112 e. The Labute approximate surface area is 91.4 Å². The molecule has 0 saturated heterocycles. The molecule has 0 heterocycles. The second-order valence-electron chi connectivity index (χ2n) is 3.07. The Bertz CT molecular complexity index is 360. The summed E-state index contributed by atoms with van der Waals surface area (Å²) < 4.78 is 5.28. The number of ether oxygens (including phenoxy) is 1. The second kappa shape index (κ2) is 5.86. The molecule has 0 aliphatic rings. The lowest BCUT2D eigenvalue weighted by atomic mass is 10.1. The summed E-state index contributed by atoms with van der Waals surface area (Å²) in [7, 11) is 0. The number of hydrogen-bond acceptors (Lipinski definition) is 1. The van der Waals surface area contributed by atoms with Gasteiger partial charge in [0.05, 0.1) is 6.61 Å². The summed E-state index contributed by atoms with van der Waals surface area (Å²) in [6, 6.07) is 10.0. The van der Waals surface area contributed by atoms with Gasteiger partial charge in [0.1, 0.15) is 5.76 Å². The first kappa shape index (κ1) is 11.3. The van der Waals surface area contributed by atoms with E-state index in [1.165, 1.54) is 0 Å². The molecule has 1 aromatic carbocycles. The molecule has 1 rings (SSSR count). The molecule has 0 atom stereocenters. The zero-order chi connectivity index (χ0) is 11.1. The van der Waals surface area contributed by atoms with Gasteiger partial charge < -0.3 is 4.74 Å². The van der Waals surface area contributed by atoms with E-state index in [1.54, 1.807) is 6.08 Å². The molecule has 1 nitrogen and oxygen atoms in total. The third-order valence-electron chi connectivity index (χ3n) is 1.97. The Kier molecular flexibility index (Phi) is 4.42. The van der Waals surface area contributed by atoms with Crippen molar-refractivity contribution in [2.75, 3.05) is 6.61 Å². The second-order valence-corrected chi connectivity index (χ2v) is 3.07. The van der Waals surface area contributed by atoms with E-state index < -0.39 is 0 Å². The number of rotatable bonds is 5. The first-order valence-corrected chi connectivity index (χ1v) is 4.99. The Hall–Kier alpha value is -1.76. The molecule has 0 fully saturated rings. The standard InChI is InChI=1S/C14H16O/c1-4-13(11-12(3)15-5-2)14-9-7-6-8-10-14/h4,6-11H,1,3,5H2,2H3/b13-11+. The zero-order valence-electron chi connectivity index (χ0n) is 9.07. The van der Waals surface area contributed by atoms with Crippen molar-refractivity contribution < 1.29 is 4.74 Å². The molecule has 78 valence electrons. The molecule has 1 heteroatoms. The van der Waals surface area contributed by atoms with Crippen LogP contribution < -0.4 is 0 Å². The van der Waals surface area contributed by atoms with Crippen LogP contribution in [0.1, 0.15) is 12.5 Å². The van der Waals surface area contributed by atoms with Gasteiger partial charge in [-0.2, -0.15) is 0 Å². The minimum absolute atomic E-state index is 0.633. The third-order valence-corrected chi connectivity index (χ3v) is 1.97. The summed E-state index contributed by atoms with van der Waals surface area (Å²) in [5.41, 5.74) is 2.14. The van der Waals surface area contributed by atoms with Crippen LogP contribution in [0.25, 0.3) is 5.57 Å². The van der Waals surface area contributed by atoms with Gasteiger partial charge in [-0.15, -0.1) is 0 Å². The van der Waals surface area contributed by atoms with Crippen LogP contribution in [0, 0.1) is 0 Å². The summed E-state index contributed by atoms with van der Waals surface area (Å²) in [6.07, 6.45) is 3.70. The summed E-state index contributed by atoms with van der Waals surface area (Å²) in [5, 5.41) is 0. The van der Waals surface area contributed by atoms with Crippen molar-refractivity contribution in [3.05, 3.63) is 67.0 Å². The largest absolute Gasteiger partial charge is 0.494 e. The predicted octanol–water partition coefficient (Wildman–Crippen LogP) is 3.81. The lowest BCUT2D eigenvalue weighted by Crippen LogP contribution is -1.88. The molecule has 0 aliphatic carbocycles. The maximum absolute atomic E-state index is 5.28. The van der Waals surface area contributed by atoms with Gasteiger partial charge in [-0.3, -0.25) is 0 Å². The molecule has 0 N–H and O–H groups in total. The fraction of sp³-hybridized carbons (Fsp3) is 0.143. The van der Waals surface area contributed by atoms with E-state index in [1.807, 2.05) is 43.3 Å². The van der Waals surface area contributed by atoms with Crippen molar-refractivity contribution >= 4 is 5.57 Å². The van der Waals surface area contributed by atoms with E-state index in [-0.39, 0.29) is 0 Å². The molecule has 0 spiro atoms. The number of allylic oxidation sites excluding steroid dienone is 3. The van der Waals surface area contributed by atoms with E-state index in [4.69, 9.17) is 4.74 Å². The van der Waals surface area contributed by atoms with Crippen molar-refractivity contribution in [2.45, 2.75) is 6.92 Å². The highest BCUT2D eigenvalue weighted by atomic mass is 16.5. The van der Waals surface area contributed by atoms with Crippen LogP contribution in [-0.2, 0) is 4.74 Å². The average molecular weight is 200 g/mol. The molecule has 0 bridgehead atoms. The zero-order valence-corrected chi connectivity index (χ0v) is 9.07. The molecule has 0 amide bonds. The average Bonchev–Trinajstić information content (AvgIpc) is 2.27. The van der Waals surface area contributed by atoms with Crippen molar-refractivity contribution in [3.8, 4) is 0 Å². The van der Waals surface area contributed by atoms with Gasteiger partial charge in [0.15, 0.2) is 0 Å². The topological polar surface area (TPSA) is 9.23 Å². The van der Waals surface area contributed by atoms with Crippen LogP contribution in [0.5, 0.6) is 0 Å². The first-order valence-electron chi connectivity index (χ1n) is 4.99. The number of hydrogen-bond donors (Lipinski definition) is 0. The maximum Gasteiger partial charge on any atom is 0.112 e. The molecule has 0 saturated carbocycles. The molecule has 1 aromatic rings. The van der Waals surface area contributed by atoms with Crippen LogP contribution >= 0.6 is 0 Å². The highest BCUT2D eigenvalue weighted by Crippen LogP contribution is 2.16.